The number of hydrogen-bond acceptors (Lipinski definition) is 4. The van der Waals surface area contributed by atoms with Crippen LogP contribution >= 0.6 is 0 Å². The Labute approximate surface area is 97.4 Å². The number of hydrogen-bond donors (Lipinski definition) is 1. The number of nitrogens with one attached hydrogen (secondary N) is 1. The molecule has 0 radical (unpaired) electrons. The Hall–Kier alpha value is -2.18. The van der Waals surface area contributed by atoms with Gasteiger partial charge in [0.15, 0.2) is 0 Å². The van der Waals surface area contributed by atoms with E-state index in [1.165, 1.54) is 4.90 Å². The SMILES string of the molecule is O=C1CN(C(=O)CCn2ccnc2)CC(=O)N1. The topological polar surface area (TPSA) is 84.3 Å². The molecule has 0 unspecified atom stereocenters. The van der Waals surface area contributed by atoms with Crippen LogP contribution in [0.1, 0.15) is 6.42 Å². The molecule has 17 heavy (non-hydrogen) atoms. The lowest BCUT2D eigenvalue weighted by Gasteiger charge is -2.25. The number of imidazole rings is 1. The van der Waals surface area contributed by atoms with E-state index in [2.05, 4.69) is 10.3 Å². The molecule has 0 spiro atoms. The smallest absolute Gasteiger partial charge is 0.246 e. The highest BCUT2D eigenvalue weighted by Crippen LogP contribution is 2.00. The summed E-state index contributed by atoms with van der Waals surface area (Å²) in [5.41, 5.74) is 0. The van der Waals surface area contributed by atoms with E-state index >= 15 is 0 Å². The Kier molecular flexibility index (Phi) is 3.17. The van der Waals surface area contributed by atoms with Crippen molar-refractivity contribution in [3.05, 3.63) is 18.7 Å². The molecule has 0 saturated carbocycles. The second-order valence-electron chi connectivity index (χ2n) is 3.77. The zero-order chi connectivity index (χ0) is 12.3. The van der Waals surface area contributed by atoms with Crippen molar-refractivity contribution in [1.82, 2.24) is 19.8 Å². The summed E-state index contributed by atoms with van der Waals surface area (Å²) >= 11 is 0. The minimum atomic E-state index is -0.433. The molecule has 1 saturated heterocycles. The van der Waals surface area contributed by atoms with Gasteiger partial charge in [-0.15, -0.1) is 0 Å². The molecular weight excluding hydrogens is 224 g/mol. The molecular formula is C10H12N4O3. The highest BCUT2D eigenvalue weighted by Gasteiger charge is 2.25. The van der Waals surface area contributed by atoms with E-state index in [0.29, 0.717) is 6.54 Å². The predicted molar refractivity (Wildman–Crippen MR) is 56.6 cm³/mol. The van der Waals surface area contributed by atoms with Gasteiger partial charge in [-0.25, -0.2) is 4.98 Å². The third kappa shape index (κ3) is 2.90. The zero-order valence-corrected chi connectivity index (χ0v) is 9.13. The number of aryl methyl sites for hydroxylation is 1. The van der Waals surface area contributed by atoms with E-state index in [-0.39, 0.29) is 25.4 Å². The van der Waals surface area contributed by atoms with Crippen LogP contribution in [-0.2, 0) is 20.9 Å². The minimum absolute atomic E-state index is 0.0471. The molecule has 90 valence electrons. The average molecular weight is 236 g/mol. The molecule has 0 aromatic carbocycles. The van der Waals surface area contributed by atoms with Gasteiger partial charge in [0.05, 0.1) is 6.33 Å². The van der Waals surface area contributed by atoms with E-state index in [0.717, 1.165) is 0 Å². The summed E-state index contributed by atoms with van der Waals surface area (Å²) in [7, 11) is 0. The van der Waals surface area contributed by atoms with Crippen molar-refractivity contribution in [3.63, 3.8) is 0 Å². The number of carbonyl (C=O) groups excluding carboxylic acids is 3. The summed E-state index contributed by atoms with van der Waals surface area (Å²) in [6.07, 6.45) is 5.24. The van der Waals surface area contributed by atoms with Crippen LogP contribution in [0.25, 0.3) is 0 Å². The lowest BCUT2D eigenvalue weighted by atomic mass is 10.3. The zero-order valence-electron chi connectivity index (χ0n) is 9.13. The van der Waals surface area contributed by atoms with Gasteiger partial charge in [0.1, 0.15) is 13.1 Å². The van der Waals surface area contributed by atoms with Gasteiger partial charge >= 0.3 is 0 Å². The molecule has 1 fully saturated rings. The second-order valence-corrected chi connectivity index (χ2v) is 3.77. The standard InChI is InChI=1S/C10H12N4O3/c15-8-5-14(6-9(16)12-8)10(17)1-3-13-4-2-11-7-13/h2,4,7H,1,3,5-6H2,(H,12,15,16). The van der Waals surface area contributed by atoms with Gasteiger partial charge in [-0.2, -0.15) is 0 Å². The Balaban J connectivity index is 1.87. The lowest BCUT2D eigenvalue weighted by molar-refractivity contribution is -0.145. The van der Waals surface area contributed by atoms with E-state index in [1.54, 1.807) is 23.3 Å². The van der Waals surface area contributed by atoms with Crippen molar-refractivity contribution in [3.8, 4) is 0 Å². The van der Waals surface area contributed by atoms with Crippen LogP contribution in [0, 0.1) is 0 Å². The molecule has 0 atom stereocenters. The Morgan fingerprint density at radius 1 is 1.35 bits per heavy atom. The summed E-state index contributed by atoms with van der Waals surface area (Å²) in [5, 5.41) is 2.15. The van der Waals surface area contributed by atoms with Crippen molar-refractivity contribution in [2.75, 3.05) is 13.1 Å². The fourth-order valence-corrected chi connectivity index (χ4v) is 1.62. The van der Waals surface area contributed by atoms with Crippen molar-refractivity contribution < 1.29 is 14.4 Å². The van der Waals surface area contributed by atoms with Gasteiger partial charge in [-0.05, 0) is 0 Å². The monoisotopic (exact) mass is 236 g/mol. The predicted octanol–water partition coefficient (Wildman–Crippen LogP) is -1.24. The molecule has 7 nitrogen and oxygen atoms in total. The number of amides is 3. The first kappa shape index (κ1) is 11.3. The number of aromatic nitrogens is 2. The van der Waals surface area contributed by atoms with Crippen molar-refractivity contribution in [1.29, 1.82) is 0 Å². The lowest BCUT2D eigenvalue weighted by Crippen LogP contribution is -2.53. The average Bonchev–Trinajstić information content (AvgIpc) is 2.77. The third-order valence-electron chi connectivity index (χ3n) is 2.44. The van der Waals surface area contributed by atoms with Crippen molar-refractivity contribution >= 4 is 17.7 Å². The maximum Gasteiger partial charge on any atom is 0.246 e. The quantitative estimate of drug-likeness (QED) is 0.665. The molecule has 1 aromatic heterocycles. The molecule has 7 heteroatoms. The van der Waals surface area contributed by atoms with Gasteiger partial charge in [0.25, 0.3) is 0 Å². The molecule has 1 aromatic rings. The first-order valence-corrected chi connectivity index (χ1v) is 5.21. The van der Waals surface area contributed by atoms with Crippen molar-refractivity contribution in [2.45, 2.75) is 13.0 Å². The summed E-state index contributed by atoms with van der Waals surface area (Å²) in [4.78, 5) is 39.0. The first-order chi connectivity index (χ1) is 8.15. The van der Waals surface area contributed by atoms with Gasteiger partial charge in [0.2, 0.25) is 17.7 Å². The fourth-order valence-electron chi connectivity index (χ4n) is 1.62. The van der Waals surface area contributed by atoms with Crippen LogP contribution in [-0.4, -0.2) is 45.3 Å². The van der Waals surface area contributed by atoms with E-state index in [9.17, 15) is 14.4 Å². The van der Waals surface area contributed by atoms with Crippen LogP contribution in [0.3, 0.4) is 0 Å². The Morgan fingerprint density at radius 3 is 2.65 bits per heavy atom. The maximum absolute atomic E-state index is 11.7. The van der Waals surface area contributed by atoms with Gasteiger partial charge in [-0.1, -0.05) is 0 Å². The van der Waals surface area contributed by atoms with Gasteiger partial charge in [0, 0.05) is 25.4 Å². The van der Waals surface area contributed by atoms with E-state index < -0.39 is 11.8 Å². The van der Waals surface area contributed by atoms with Gasteiger partial charge in [-0.3, -0.25) is 19.7 Å². The molecule has 2 heterocycles. The van der Waals surface area contributed by atoms with Crippen LogP contribution in [0.5, 0.6) is 0 Å². The number of piperazine rings is 1. The molecule has 2 rings (SSSR count). The van der Waals surface area contributed by atoms with E-state index in [4.69, 9.17) is 0 Å². The fraction of sp³-hybridized carbons (Fsp3) is 0.400. The van der Waals surface area contributed by atoms with Crippen molar-refractivity contribution in [2.24, 2.45) is 0 Å². The molecule has 1 aliphatic rings. The number of carbonyl (C=O) groups is 3. The summed E-state index contributed by atoms with van der Waals surface area (Å²) in [6, 6.07) is 0. The normalized spacial score (nSPS) is 15.9. The van der Waals surface area contributed by atoms with Crippen LogP contribution in [0.15, 0.2) is 18.7 Å². The summed E-state index contributed by atoms with van der Waals surface area (Å²) in [6.45, 7) is 0.397. The van der Waals surface area contributed by atoms with Crippen LogP contribution in [0.2, 0.25) is 0 Å². The van der Waals surface area contributed by atoms with E-state index in [1.807, 2.05) is 0 Å². The summed E-state index contributed by atoms with van der Waals surface area (Å²) < 4.78 is 1.77. The van der Waals surface area contributed by atoms with Gasteiger partial charge < -0.3 is 9.47 Å². The first-order valence-electron chi connectivity index (χ1n) is 5.21. The number of rotatable bonds is 3. The Bertz CT molecular complexity index is 424. The van der Waals surface area contributed by atoms with Crippen LogP contribution < -0.4 is 5.32 Å². The maximum atomic E-state index is 11.7. The highest BCUT2D eigenvalue weighted by atomic mass is 16.2. The highest BCUT2D eigenvalue weighted by molar-refractivity contribution is 6.02. The molecule has 1 N–H and O–H groups in total. The molecule has 0 aliphatic carbocycles. The Morgan fingerprint density at radius 2 is 2.06 bits per heavy atom. The largest absolute Gasteiger partial charge is 0.337 e. The minimum Gasteiger partial charge on any atom is -0.337 e. The molecule has 1 aliphatic heterocycles. The molecule has 3 amide bonds. The second kappa shape index (κ2) is 4.77. The van der Waals surface area contributed by atoms with Crippen LogP contribution in [0.4, 0.5) is 0 Å². The third-order valence-corrected chi connectivity index (χ3v) is 2.44. The number of imide groups is 1. The molecule has 0 bridgehead atoms. The summed E-state index contributed by atoms with van der Waals surface area (Å²) in [5.74, 6) is -1.07. The number of nitrogens with zero attached hydrogens (tertiary/aromatic N) is 3.